The second-order valence-electron chi connectivity index (χ2n) is 4.14. The van der Waals surface area contributed by atoms with Crippen LogP contribution in [0.3, 0.4) is 0 Å². The largest absolute Gasteiger partial charge is 0.263 e. The molecule has 1 unspecified atom stereocenters. The van der Waals surface area contributed by atoms with Crippen molar-refractivity contribution < 1.29 is 8.42 Å². The molecule has 0 aromatic carbocycles. The smallest absolute Gasteiger partial charge is 0.204 e. The number of allylic oxidation sites excluding steroid dienone is 3. The molecule has 5 heteroatoms. The van der Waals surface area contributed by atoms with E-state index in [1.54, 1.807) is 32.1 Å². The zero-order chi connectivity index (χ0) is 11.8. The first-order valence-corrected chi connectivity index (χ1v) is 6.51. The Bertz CT molecular complexity index is 554. The van der Waals surface area contributed by atoms with Crippen molar-refractivity contribution in [3.63, 3.8) is 0 Å². The lowest BCUT2D eigenvalue weighted by molar-refractivity contribution is 0.545. The van der Waals surface area contributed by atoms with Crippen LogP contribution in [0.4, 0.5) is 0 Å². The SMILES string of the molecule is Cc1ccn(S(=O)(=O)C2(C)C=CC=CC2)n1. The molecule has 1 heterocycles. The second kappa shape index (κ2) is 3.59. The lowest BCUT2D eigenvalue weighted by Crippen LogP contribution is -2.38. The maximum absolute atomic E-state index is 12.3. The fourth-order valence-corrected chi connectivity index (χ4v) is 3.08. The van der Waals surface area contributed by atoms with Crippen LogP contribution in [0.5, 0.6) is 0 Å². The third kappa shape index (κ3) is 1.61. The van der Waals surface area contributed by atoms with Gasteiger partial charge in [-0.25, -0.2) is 8.42 Å². The Morgan fingerprint density at radius 2 is 2.19 bits per heavy atom. The van der Waals surface area contributed by atoms with E-state index in [1.807, 2.05) is 12.2 Å². The molecule has 16 heavy (non-hydrogen) atoms. The first kappa shape index (κ1) is 11.1. The van der Waals surface area contributed by atoms with E-state index in [9.17, 15) is 8.42 Å². The number of rotatable bonds is 2. The van der Waals surface area contributed by atoms with Gasteiger partial charge in [0.2, 0.25) is 0 Å². The summed E-state index contributed by atoms with van der Waals surface area (Å²) in [5.41, 5.74) is 0.697. The van der Waals surface area contributed by atoms with E-state index < -0.39 is 14.8 Å². The molecule has 1 aliphatic carbocycles. The van der Waals surface area contributed by atoms with E-state index in [4.69, 9.17) is 0 Å². The van der Waals surface area contributed by atoms with Crippen molar-refractivity contribution in [3.8, 4) is 0 Å². The topological polar surface area (TPSA) is 52.0 Å². The van der Waals surface area contributed by atoms with Crippen molar-refractivity contribution in [1.29, 1.82) is 0 Å². The van der Waals surface area contributed by atoms with Crippen LogP contribution in [0.2, 0.25) is 0 Å². The van der Waals surface area contributed by atoms with Crippen LogP contribution in [0, 0.1) is 6.92 Å². The summed E-state index contributed by atoms with van der Waals surface area (Å²) in [7, 11) is -3.47. The van der Waals surface area contributed by atoms with Gasteiger partial charge in [-0.1, -0.05) is 24.3 Å². The molecule has 0 saturated heterocycles. The number of nitrogens with zero attached hydrogens (tertiary/aromatic N) is 2. The Balaban J connectivity index is 2.47. The minimum absolute atomic E-state index is 0.477. The average Bonchev–Trinajstić information content (AvgIpc) is 2.66. The maximum Gasteiger partial charge on any atom is 0.263 e. The molecule has 0 aliphatic heterocycles. The molecule has 86 valence electrons. The van der Waals surface area contributed by atoms with E-state index in [-0.39, 0.29) is 0 Å². The van der Waals surface area contributed by atoms with Crippen LogP contribution in [0.1, 0.15) is 19.0 Å². The van der Waals surface area contributed by atoms with Crippen molar-refractivity contribution in [2.24, 2.45) is 0 Å². The molecule has 0 amide bonds. The second-order valence-corrected chi connectivity index (χ2v) is 6.40. The highest BCUT2D eigenvalue weighted by Gasteiger charge is 2.38. The molecule has 0 spiro atoms. The first-order valence-electron chi connectivity index (χ1n) is 5.07. The summed E-state index contributed by atoms with van der Waals surface area (Å²) >= 11 is 0. The predicted octanol–water partition coefficient (Wildman–Crippen LogP) is 1.64. The quantitative estimate of drug-likeness (QED) is 0.787. The Morgan fingerprint density at radius 1 is 1.44 bits per heavy atom. The molecule has 1 aromatic rings. The normalized spacial score (nSPS) is 24.9. The van der Waals surface area contributed by atoms with Gasteiger partial charge in [0, 0.05) is 6.20 Å². The van der Waals surface area contributed by atoms with Gasteiger partial charge < -0.3 is 0 Å². The molecule has 1 atom stereocenters. The third-order valence-electron chi connectivity index (χ3n) is 2.75. The Hall–Kier alpha value is -1.36. The van der Waals surface area contributed by atoms with Crippen LogP contribution in [-0.4, -0.2) is 22.4 Å². The summed E-state index contributed by atoms with van der Waals surface area (Å²) < 4.78 is 24.8. The summed E-state index contributed by atoms with van der Waals surface area (Å²) in [5.74, 6) is 0. The van der Waals surface area contributed by atoms with Gasteiger partial charge in [-0.05, 0) is 26.3 Å². The molecule has 0 bridgehead atoms. The van der Waals surface area contributed by atoms with Gasteiger partial charge in [0.15, 0.2) is 0 Å². The minimum Gasteiger partial charge on any atom is -0.204 e. The molecule has 0 radical (unpaired) electrons. The zero-order valence-corrected chi connectivity index (χ0v) is 10.1. The van der Waals surface area contributed by atoms with Crippen molar-refractivity contribution >= 4 is 10.0 Å². The van der Waals surface area contributed by atoms with Crippen molar-refractivity contribution in [3.05, 3.63) is 42.3 Å². The Labute approximate surface area is 95.3 Å². The van der Waals surface area contributed by atoms with Crippen LogP contribution >= 0.6 is 0 Å². The van der Waals surface area contributed by atoms with E-state index in [1.165, 1.54) is 6.20 Å². The number of hydrogen-bond donors (Lipinski definition) is 0. The highest BCUT2D eigenvalue weighted by atomic mass is 32.2. The number of hydrogen-bond acceptors (Lipinski definition) is 3. The summed E-state index contributed by atoms with van der Waals surface area (Å²) in [6.07, 6.45) is 9.14. The summed E-state index contributed by atoms with van der Waals surface area (Å²) in [6.45, 7) is 3.48. The summed E-state index contributed by atoms with van der Waals surface area (Å²) in [6, 6.07) is 1.68. The van der Waals surface area contributed by atoms with Gasteiger partial charge in [-0.15, -0.1) is 0 Å². The van der Waals surface area contributed by atoms with Crippen LogP contribution in [-0.2, 0) is 10.0 Å². The zero-order valence-electron chi connectivity index (χ0n) is 9.29. The standard InChI is InChI=1S/C11H14N2O2S/c1-10-6-9-13(12-10)16(14,15)11(2)7-4-3-5-8-11/h3-7,9H,8H2,1-2H3. The lowest BCUT2D eigenvalue weighted by atomic mass is 10.0. The predicted molar refractivity (Wildman–Crippen MR) is 62.6 cm³/mol. The van der Waals surface area contributed by atoms with E-state index in [2.05, 4.69) is 5.10 Å². The molecule has 0 N–H and O–H groups in total. The number of aromatic nitrogens is 2. The van der Waals surface area contributed by atoms with Gasteiger partial charge in [0.05, 0.1) is 5.69 Å². The highest BCUT2D eigenvalue weighted by Crippen LogP contribution is 2.28. The van der Waals surface area contributed by atoms with Gasteiger partial charge in [-0.3, -0.25) is 0 Å². The van der Waals surface area contributed by atoms with Crippen molar-refractivity contribution in [2.75, 3.05) is 0 Å². The molecule has 0 fully saturated rings. The van der Waals surface area contributed by atoms with E-state index in [0.717, 1.165) is 4.09 Å². The van der Waals surface area contributed by atoms with Gasteiger partial charge in [-0.2, -0.15) is 9.19 Å². The summed E-state index contributed by atoms with van der Waals surface area (Å²) in [5, 5.41) is 3.97. The molecular formula is C11H14N2O2S. The van der Waals surface area contributed by atoms with Crippen molar-refractivity contribution in [1.82, 2.24) is 9.19 Å². The first-order chi connectivity index (χ1) is 7.46. The van der Waals surface area contributed by atoms with E-state index >= 15 is 0 Å². The fourth-order valence-electron chi connectivity index (χ4n) is 1.64. The van der Waals surface area contributed by atoms with Crippen molar-refractivity contribution in [2.45, 2.75) is 25.0 Å². The molecule has 4 nitrogen and oxygen atoms in total. The fraction of sp³-hybridized carbons (Fsp3) is 0.364. The Morgan fingerprint density at radius 3 is 2.69 bits per heavy atom. The van der Waals surface area contributed by atoms with Gasteiger partial charge >= 0.3 is 0 Å². The molecule has 1 aromatic heterocycles. The lowest BCUT2D eigenvalue weighted by Gasteiger charge is -2.25. The third-order valence-corrected chi connectivity index (χ3v) is 4.93. The Kier molecular flexibility index (Phi) is 2.50. The maximum atomic E-state index is 12.3. The minimum atomic E-state index is -3.47. The van der Waals surface area contributed by atoms with Crippen LogP contribution < -0.4 is 0 Å². The molecule has 0 saturated carbocycles. The highest BCUT2D eigenvalue weighted by molar-refractivity contribution is 7.91. The van der Waals surface area contributed by atoms with Gasteiger partial charge in [0.1, 0.15) is 4.75 Å². The average molecular weight is 238 g/mol. The molecule has 2 rings (SSSR count). The number of aryl methyl sites for hydroxylation is 1. The molecule has 1 aliphatic rings. The van der Waals surface area contributed by atoms with E-state index in [0.29, 0.717) is 12.1 Å². The monoisotopic (exact) mass is 238 g/mol. The summed E-state index contributed by atoms with van der Waals surface area (Å²) in [4.78, 5) is 0. The van der Waals surface area contributed by atoms with Gasteiger partial charge in [0.25, 0.3) is 10.0 Å². The molecular weight excluding hydrogens is 224 g/mol. The van der Waals surface area contributed by atoms with Crippen LogP contribution in [0.15, 0.2) is 36.6 Å². The van der Waals surface area contributed by atoms with Crippen LogP contribution in [0.25, 0.3) is 0 Å².